The van der Waals surface area contributed by atoms with Crippen molar-refractivity contribution in [3.63, 3.8) is 0 Å². The standard InChI is InChI=1S/C18H19Cl2N3O/c19-13-5-6-16(15(20)11-13)22-14-7-8-21-17(12-14)18(24)23-9-3-1-2-4-10-23/h5-8,11-12H,1-4,9-10H2,(H,21,22). The topological polar surface area (TPSA) is 45.2 Å². The Kier molecular flexibility index (Phi) is 5.59. The lowest BCUT2D eigenvalue weighted by Crippen LogP contribution is -2.32. The first-order valence-corrected chi connectivity index (χ1v) is 8.86. The van der Waals surface area contributed by atoms with E-state index in [-0.39, 0.29) is 5.91 Å². The van der Waals surface area contributed by atoms with E-state index in [1.54, 1.807) is 30.5 Å². The van der Waals surface area contributed by atoms with Crippen LogP contribution < -0.4 is 5.32 Å². The van der Waals surface area contributed by atoms with Crippen molar-refractivity contribution < 1.29 is 4.79 Å². The van der Waals surface area contributed by atoms with Crippen molar-refractivity contribution in [2.45, 2.75) is 25.7 Å². The quantitative estimate of drug-likeness (QED) is 0.819. The Labute approximate surface area is 151 Å². The Hall–Kier alpha value is -1.78. The third kappa shape index (κ3) is 4.19. The molecule has 1 N–H and O–H groups in total. The summed E-state index contributed by atoms with van der Waals surface area (Å²) in [5.41, 5.74) is 1.96. The van der Waals surface area contributed by atoms with Gasteiger partial charge in [0.05, 0.1) is 10.7 Å². The fraction of sp³-hybridized carbons (Fsp3) is 0.333. The minimum atomic E-state index is -0.0113. The number of carbonyl (C=O) groups is 1. The summed E-state index contributed by atoms with van der Waals surface area (Å²) in [4.78, 5) is 18.8. The number of benzene rings is 1. The van der Waals surface area contributed by atoms with Gasteiger partial charge >= 0.3 is 0 Å². The molecule has 6 heteroatoms. The van der Waals surface area contributed by atoms with Crippen LogP contribution in [0.5, 0.6) is 0 Å². The van der Waals surface area contributed by atoms with E-state index in [9.17, 15) is 4.79 Å². The second kappa shape index (κ2) is 7.86. The molecule has 1 amide bonds. The maximum atomic E-state index is 12.7. The summed E-state index contributed by atoms with van der Waals surface area (Å²) in [5.74, 6) is -0.0113. The van der Waals surface area contributed by atoms with Crippen LogP contribution in [0.2, 0.25) is 10.0 Å². The highest BCUT2D eigenvalue weighted by Crippen LogP contribution is 2.28. The van der Waals surface area contributed by atoms with Gasteiger partial charge in [0.1, 0.15) is 5.69 Å². The molecule has 1 aromatic heterocycles. The van der Waals surface area contributed by atoms with Gasteiger partial charge in [0.2, 0.25) is 0 Å². The number of anilines is 2. The second-order valence-corrected chi connectivity index (χ2v) is 6.73. The van der Waals surface area contributed by atoms with Gasteiger partial charge in [-0.15, -0.1) is 0 Å². The largest absolute Gasteiger partial charge is 0.354 e. The van der Waals surface area contributed by atoms with Gasteiger partial charge in [-0.05, 0) is 43.2 Å². The number of halogens is 2. The number of amides is 1. The van der Waals surface area contributed by atoms with Crippen LogP contribution in [0.15, 0.2) is 36.5 Å². The van der Waals surface area contributed by atoms with Gasteiger partial charge in [-0.1, -0.05) is 36.0 Å². The van der Waals surface area contributed by atoms with Gasteiger partial charge in [0.25, 0.3) is 5.91 Å². The molecule has 1 fully saturated rings. The van der Waals surface area contributed by atoms with Gasteiger partial charge in [-0.2, -0.15) is 0 Å². The molecule has 126 valence electrons. The fourth-order valence-electron chi connectivity index (χ4n) is 2.81. The fourth-order valence-corrected chi connectivity index (χ4v) is 3.26. The molecule has 0 atom stereocenters. The van der Waals surface area contributed by atoms with Gasteiger partial charge in [0, 0.05) is 30.0 Å². The van der Waals surface area contributed by atoms with Crippen molar-refractivity contribution in [2.24, 2.45) is 0 Å². The molecule has 1 aromatic carbocycles. The van der Waals surface area contributed by atoms with Crippen molar-refractivity contribution in [3.05, 3.63) is 52.3 Å². The van der Waals surface area contributed by atoms with Crippen molar-refractivity contribution in [1.29, 1.82) is 0 Å². The first kappa shape index (κ1) is 17.1. The Bertz CT molecular complexity index is 728. The predicted octanol–water partition coefficient (Wildman–Crippen LogP) is 5.15. The molecule has 1 aliphatic rings. The van der Waals surface area contributed by atoms with Crippen LogP contribution in [0, 0.1) is 0 Å². The number of hydrogen-bond acceptors (Lipinski definition) is 3. The second-order valence-electron chi connectivity index (χ2n) is 5.89. The van der Waals surface area contributed by atoms with Gasteiger partial charge < -0.3 is 10.2 Å². The molecular formula is C18H19Cl2N3O. The maximum absolute atomic E-state index is 12.7. The number of carbonyl (C=O) groups excluding carboxylic acids is 1. The molecule has 0 spiro atoms. The highest BCUT2D eigenvalue weighted by Gasteiger charge is 2.18. The molecule has 4 nitrogen and oxygen atoms in total. The summed E-state index contributed by atoms with van der Waals surface area (Å²) >= 11 is 12.1. The van der Waals surface area contributed by atoms with E-state index in [1.165, 1.54) is 12.8 Å². The summed E-state index contributed by atoms with van der Waals surface area (Å²) in [5, 5.41) is 4.32. The van der Waals surface area contributed by atoms with Crippen LogP contribution in [0.3, 0.4) is 0 Å². The lowest BCUT2D eigenvalue weighted by molar-refractivity contribution is 0.0756. The van der Waals surface area contributed by atoms with Gasteiger partial charge in [-0.25, -0.2) is 0 Å². The van der Waals surface area contributed by atoms with Crippen LogP contribution in [0.4, 0.5) is 11.4 Å². The summed E-state index contributed by atoms with van der Waals surface area (Å²) in [6, 6.07) is 8.82. The van der Waals surface area contributed by atoms with Crippen molar-refractivity contribution in [2.75, 3.05) is 18.4 Å². The smallest absolute Gasteiger partial charge is 0.272 e. The lowest BCUT2D eigenvalue weighted by atomic mass is 10.2. The number of nitrogens with zero attached hydrogens (tertiary/aromatic N) is 2. The molecule has 0 saturated carbocycles. The minimum absolute atomic E-state index is 0.0113. The number of rotatable bonds is 3. The highest BCUT2D eigenvalue weighted by molar-refractivity contribution is 6.36. The van der Waals surface area contributed by atoms with E-state index < -0.39 is 0 Å². The minimum Gasteiger partial charge on any atom is -0.354 e. The van der Waals surface area contributed by atoms with E-state index in [0.717, 1.165) is 37.3 Å². The molecular weight excluding hydrogens is 345 g/mol. The molecule has 0 aliphatic carbocycles. The molecule has 3 rings (SSSR count). The van der Waals surface area contributed by atoms with Crippen molar-refractivity contribution >= 4 is 40.5 Å². The molecule has 1 aliphatic heterocycles. The maximum Gasteiger partial charge on any atom is 0.272 e. The van der Waals surface area contributed by atoms with Crippen LogP contribution in [-0.2, 0) is 0 Å². The number of nitrogens with one attached hydrogen (secondary N) is 1. The molecule has 1 saturated heterocycles. The van der Waals surface area contributed by atoms with E-state index in [4.69, 9.17) is 23.2 Å². The number of likely N-dealkylation sites (tertiary alicyclic amines) is 1. The normalized spacial score (nSPS) is 15.0. The zero-order valence-electron chi connectivity index (χ0n) is 13.3. The molecule has 0 radical (unpaired) electrons. The molecule has 2 aromatic rings. The van der Waals surface area contributed by atoms with E-state index in [1.807, 2.05) is 11.0 Å². The number of aromatic nitrogens is 1. The predicted molar refractivity (Wildman–Crippen MR) is 98.4 cm³/mol. The Morgan fingerprint density at radius 3 is 2.50 bits per heavy atom. The first-order chi connectivity index (χ1) is 11.6. The molecule has 0 unspecified atom stereocenters. The highest BCUT2D eigenvalue weighted by atomic mass is 35.5. The lowest BCUT2D eigenvalue weighted by Gasteiger charge is -2.20. The van der Waals surface area contributed by atoms with E-state index in [2.05, 4.69) is 10.3 Å². The monoisotopic (exact) mass is 363 g/mol. The van der Waals surface area contributed by atoms with Gasteiger partial charge in [-0.3, -0.25) is 9.78 Å². The SMILES string of the molecule is O=C(c1cc(Nc2ccc(Cl)cc2Cl)ccn1)N1CCCCCC1. The van der Waals surface area contributed by atoms with Crippen molar-refractivity contribution in [3.8, 4) is 0 Å². The summed E-state index contributed by atoms with van der Waals surface area (Å²) in [6.07, 6.45) is 6.13. The van der Waals surface area contributed by atoms with Crippen molar-refractivity contribution in [1.82, 2.24) is 9.88 Å². The molecule has 24 heavy (non-hydrogen) atoms. The zero-order valence-corrected chi connectivity index (χ0v) is 14.8. The summed E-state index contributed by atoms with van der Waals surface area (Å²) in [6.45, 7) is 1.61. The van der Waals surface area contributed by atoms with Crippen LogP contribution >= 0.6 is 23.2 Å². The average Bonchev–Trinajstić information content (AvgIpc) is 2.86. The number of hydrogen-bond donors (Lipinski definition) is 1. The zero-order chi connectivity index (χ0) is 16.9. The molecule has 2 heterocycles. The first-order valence-electron chi connectivity index (χ1n) is 8.11. The average molecular weight is 364 g/mol. The van der Waals surface area contributed by atoms with E-state index >= 15 is 0 Å². The van der Waals surface area contributed by atoms with Crippen LogP contribution in [-0.4, -0.2) is 28.9 Å². The third-order valence-corrected chi connectivity index (χ3v) is 4.63. The Morgan fingerprint density at radius 2 is 1.79 bits per heavy atom. The van der Waals surface area contributed by atoms with Crippen LogP contribution in [0.1, 0.15) is 36.2 Å². The van der Waals surface area contributed by atoms with E-state index in [0.29, 0.717) is 15.7 Å². The Balaban J connectivity index is 1.77. The molecule has 0 bridgehead atoms. The Morgan fingerprint density at radius 1 is 1.04 bits per heavy atom. The van der Waals surface area contributed by atoms with Crippen LogP contribution in [0.25, 0.3) is 0 Å². The summed E-state index contributed by atoms with van der Waals surface area (Å²) in [7, 11) is 0. The summed E-state index contributed by atoms with van der Waals surface area (Å²) < 4.78 is 0. The van der Waals surface area contributed by atoms with Gasteiger partial charge in [0.15, 0.2) is 0 Å². The third-order valence-electron chi connectivity index (χ3n) is 4.08. The number of pyridine rings is 1.